The van der Waals surface area contributed by atoms with Gasteiger partial charge in [-0.2, -0.15) is 0 Å². The number of hydrogen-bond donors (Lipinski definition) is 0. The summed E-state index contributed by atoms with van der Waals surface area (Å²) in [5.41, 5.74) is 1.20. The molecule has 0 spiro atoms. The van der Waals surface area contributed by atoms with E-state index in [1.54, 1.807) is 18.3 Å². The lowest BCUT2D eigenvalue weighted by Crippen LogP contribution is -1.79. The normalized spacial score (nSPS) is 8.30. The summed E-state index contributed by atoms with van der Waals surface area (Å²) in [6.07, 6.45) is 6.75. The highest BCUT2D eigenvalue weighted by Crippen LogP contribution is 2.12. The van der Waals surface area contributed by atoms with Crippen molar-refractivity contribution in [2.45, 2.75) is 0 Å². The zero-order chi connectivity index (χ0) is 7.40. The van der Waals surface area contributed by atoms with Gasteiger partial charge in [0.1, 0.15) is 5.69 Å². The minimum atomic E-state index is 0.539. The van der Waals surface area contributed by atoms with Gasteiger partial charge < -0.3 is 0 Å². The Hall–Kier alpha value is -1.62. The lowest BCUT2D eigenvalue weighted by molar-refractivity contribution is 1.27. The predicted molar refractivity (Wildman–Crippen MR) is 41.4 cm³/mol. The van der Waals surface area contributed by atoms with Crippen molar-refractivity contribution in [1.29, 1.82) is 0 Å². The fourth-order valence-electron chi connectivity index (χ4n) is 0.636. The summed E-state index contributed by atoms with van der Waals surface area (Å²) in [6.45, 7) is 3.35. The van der Waals surface area contributed by atoms with Crippen molar-refractivity contribution in [3.63, 3.8) is 0 Å². The molecular weight excluding hydrogens is 124 g/mol. The summed E-state index contributed by atoms with van der Waals surface area (Å²) >= 11 is 0. The molecule has 10 heavy (non-hydrogen) atoms. The zero-order valence-electron chi connectivity index (χ0n) is 5.41. The van der Waals surface area contributed by atoms with Gasteiger partial charge >= 0.3 is 0 Å². The van der Waals surface area contributed by atoms with E-state index in [0.717, 1.165) is 0 Å². The first-order valence-corrected chi connectivity index (χ1v) is 2.77. The van der Waals surface area contributed by atoms with Gasteiger partial charge in [0.25, 0.3) is 0 Å². The van der Waals surface area contributed by atoms with Crippen LogP contribution in [0.2, 0.25) is 0 Å². The molecule has 2 nitrogen and oxygen atoms in total. The first-order valence-electron chi connectivity index (χ1n) is 2.77. The highest BCUT2D eigenvalue weighted by Gasteiger charge is 1.93. The number of terminal acetylenes is 1. The van der Waals surface area contributed by atoms with E-state index >= 15 is 0 Å². The van der Waals surface area contributed by atoms with Crippen LogP contribution >= 0.6 is 0 Å². The lowest BCUT2D eigenvalue weighted by Gasteiger charge is -1.92. The molecule has 0 aliphatic heterocycles. The van der Waals surface area contributed by atoms with Crippen molar-refractivity contribution in [3.05, 3.63) is 24.0 Å². The van der Waals surface area contributed by atoms with Gasteiger partial charge in [-0.15, -0.1) is 6.42 Å². The molecule has 0 aliphatic carbocycles. The minimum absolute atomic E-state index is 0.539. The van der Waals surface area contributed by atoms with Crippen LogP contribution in [0.25, 0.3) is 0 Å². The van der Waals surface area contributed by atoms with Crippen molar-refractivity contribution in [2.24, 2.45) is 4.99 Å². The molecular formula is C8H6N2. The predicted octanol–water partition coefficient (Wildman–Crippen LogP) is 1.39. The van der Waals surface area contributed by atoms with E-state index in [2.05, 4.69) is 22.6 Å². The van der Waals surface area contributed by atoms with Crippen molar-refractivity contribution < 1.29 is 0 Å². The van der Waals surface area contributed by atoms with Crippen LogP contribution in [-0.2, 0) is 0 Å². The fourth-order valence-corrected chi connectivity index (χ4v) is 0.636. The van der Waals surface area contributed by atoms with Crippen molar-refractivity contribution in [3.8, 4) is 12.3 Å². The maximum absolute atomic E-state index is 5.13. The second kappa shape index (κ2) is 2.79. The Bertz CT molecular complexity index is 284. The Labute approximate surface area is 59.6 Å². The molecule has 1 aromatic rings. The zero-order valence-corrected chi connectivity index (χ0v) is 5.41. The third-order valence-electron chi connectivity index (χ3n) is 1.09. The topological polar surface area (TPSA) is 25.2 Å². The summed E-state index contributed by atoms with van der Waals surface area (Å²) in [5, 5.41) is 0. The van der Waals surface area contributed by atoms with Crippen molar-refractivity contribution in [1.82, 2.24) is 4.98 Å². The molecule has 1 rings (SSSR count). The van der Waals surface area contributed by atoms with Gasteiger partial charge in [-0.05, 0) is 24.8 Å². The van der Waals surface area contributed by atoms with E-state index in [4.69, 9.17) is 6.42 Å². The van der Waals surface area contributed by atoms with Crippen LogP contribution in [0.4, 0.5) is 5.69 Å². The Morgan fingerprint density at radius 2 is 2.50 bits per heavy atom. The molecule has 0 saturated heterocycles. The summed E-state index contributed by atoms with van der Waals surface area (Å²) < 4.78 is 0. The number of pyridine rings is 1. The van der Waals surface area contributed by atoms with Gasteiger partial charge in [-0.25, -0.2) is 4.98 Å². The van der Waals surface area contributed by atoms with E-state index in [9.17, 15) is 0 Å². The standard InChI is InChI=1S/C8H6N2/c1-3-7-8(9-2)5-4-6-10-7/h1,4-6H,2H2. The van der Waals surface area contributed by atoms with Gasteiger partial charge in [0, 0.05) is 6.20 Å². The average Bonchev–Trinajstić information content (AvgIpc) is 2.04. The molecule has 0 radical (unpaired) electrons. The van der Waals surface area contributed by atoms with Gasteiger partial charge in [0.2, 0.25) is 0 Å². The maximum Gasteiger partial charge on any atom is 0.138 e. The fraction of sp³-hybridized carbons (Fsp3) is 0. The van der Waals surface area contributed by atoms with Gasteiger partial charge in [-0.1, -0.05) is 0 Å². The molecule has 0 fully saturated rings. The third kappa shape index (κ3) is 1.03. The highest BCUT2D eigenvalue weighted by molar-refractivity contribution is 5.53. The summed E-state index contributed by atoms with van der Waals surface area (Å²) in [4.78, 5) is 7.58. The summed E-state index contributed by atoms with van der Waals surface area (Å²) in [5.74, 6) is 2.40. The molecule has 0 unspecified atom stereocenters. The maximum atomic E-state index is 5.13. The summed E-state index contributed by atoms with van der Waals surface area (Å²) in [6, 6.07) is 3.54. The van der Waals surface area contributed by atoms with E-state index in [0.29, 0.717) is 11.4 Å². The number of nitrogens with zero attached hydrogens (tertiary/aromatic N) is 2. The number of aliphatic imine (C=N–C) groups is 1. The monoisotopic (exact) mass is 130 g/mol. The first kappa shape index (κ1) is 6.50. The first-order chi connectivity index (χ1) is 4.88. The van der Waals surface area contributed by atoms with E-state index < -0.39 is 0 Å². The Morgan fingerprint density at radius 3 is 3.00 bits per heavy atom. The molecule has 0 aliphatic rings. The van der Waals surface area contributed by atoms with Crippen LogP contribution in [0.15, 0.2) is 23.3 Å². The van der Waals surface area contributed by atoms with Crippen LogP contribution in [0.5, 0.6) is 0 Å². The third-order valence-corrected chi connectivity index (χ3v) is 1.09. The molecule has 1 aromatic heterocycles. The second-order valence-electron chi connectivity index (χ2n) is 1.67. The second-order valence-corrected chi connectivity index (χ2v) is 1.67. The van der Waals surface area contributed by atoms with Crippen LogP contribution in [0.3, 0.4) is 0 Å². The van der Waals surface area contributed by atoms with E-state index in [1.807, 2.05) is 0 Å². The Balaban J connectivity index is 3.24. The minimum Gasteiger partial charge on any atom is -0.262 e. The van der Waals surface area contributed by atoms with Crippen LogP contribution in [0, 0.1) is 12.3 Å². The Morgan fingerprint density at radius 1 is 1.70 bits per heavy atom. The van der Waals surface area contributed by atoms with Crippen LogP contribution in [-0.4, -0.2) is 11.7 Å². The van der Waals surface area contributed by atoms with E-state index in [-0.39, 0.29) is 0 Å². The molecule has 2 heteroatoms. The quantitative estimate of drug-likeness (QED) is 0.416. The van der Waals surface area contributed by atoms with Gasteiger partial charge in [0.15, 0.2) is 0 Å². The summed E-state index contributed by atoms with van der Waals surface area (Å²) in [7, 11) is 0. The number of aromatic nitrogens is 1. The van der Waals surface area contributed by atoms with Crippen LogP contribution in [0.1, 0.15) is 5.69 Å². The van der Waals surface area contributed by atoms with Gasteiger partial charge in [0.05, 0.1) is 5.69 Å². The van der Waals surface area contributed by atoms with Crippen molar-refractivity contribution >= 4 is 12.4 Å². The lowest BCUT2D eigenvalue weighted by atomic mass is 10.3. The molecule has 0 N–H and O–H groups in total. The SMILES string of the molecule is C#Cc1ncccc1N=C. The van der Waals surface area contributed by atoms with Crippen LogP contribution < -0.4 is 0 Å². The highest BCUT2D eigenvalue weighted by atomic mass is 14.8. The molecule has 0 bridgehead atoms. The van der Waals surface area contributed by atoms with E-state index in [1.165, 1.54) is 0 Å². The Kier molecular flexibility index (Phi) is 1.81. The molecule has 0 saturated carbocycles. The molecule has 0 amide bonds. The smallest absolute Gasteiger partial charge is 0.138 e. The molecule has 0 aromatic carbocycles. The number of hydrogen-bond acceptors (Lipinski definition) is 2. The van der Waals surface area contributed by atoms with Gasteiger partial charge in [-0.3, -0.25) is 4.99 Å². The number of rotatable bonds is 1. The average molecular weight is 130 g/mol. The largest absolute Gasteiger partial charge is 0.262 e. The molecule has 48 valence electrons. The molecule has 0 atom stereocenters. The van der Waals surface area contributed by atoms with Crippen molar-refractivity contribution in [2.75, 3.05) is 0 Å². The molecule has 1 heterocycles.